The maximum atomic E-state index is 13.1. The Balaban J connectivity index is 1.42. The van der Waals surface area contributed by atoms with Crippen molar-refractivity contribution in [3.05, 3.63) is 23.9 Å². The van der Waals surface area contributed by atoms with Gasteiger partial charge in [0, 0.05) is 45.2 Å². The SMILES string of the molecule is O=C(C1=NN(C2CCS(=O)(=O)C2)C(=O)CC1)N1CCCN(c2ccc(C(F)(F)F)cn2)CC1. The van der Waals surface area contributed by atoms with Crippen molar-refractivity contribution in [3.8, 4) is 0 Å². The molecule has 13 heteroatoms. The fourth-order valence-corrected chi connectivity index (χ4v) is 5.94. The van der Waals surface area contributed by atoms with E-state index in [0.717, 1.165) is 17.3 Å². The second-order valence-corrected chi connectivity index (χ2v) is 10.6. The highest BCUT2D eigenvalue weighted by molar-refractivity contribution is 7.91. The summed E-state index contributed by atoms with van der Waals surface area (Å²) in [6, 6.07) is 1.77. The number of hydrogen-bond donors (Lipinski definition) is 0. The van der Waals surface area contributed by atoms with Gasteiger partial charge in [0.15, 0.2) is 9.84 Å². The Morgan fingerprint density at radius 1 is 1.09 bits per heavy atom. The number of carbonyl (C=O) groups excluding carboxylic acids is 2. The molecule has 2 saturated heterocycles. The number of aromatic nitrogens is 1. The lowest BCUT2D eigenvalue weighted by atomic mass is 10.1. The van der Waals surface area contributed by atoms with E-state index in [1.54, 1.807) is 4.90 Å². The van der Waals surface area contributed by atoms with Crippen molar-refractivity contribution in [2.45, 2.75) is 37.9 Å². The molecule has 33 heavy (non-hydrogen) atoms. The Morgan fingerprint density at radius 3 is 2.52 bits per heavy atom. The first kappa shape index (κ1) is 23.5. The van der Waals surface area contributed by atoms with Crippen LogP contribution in [-0.2, 0) is 25.6 Å². The molecule has 0 spiro atoms. The average Bonchev–Trinajstić information content (AvgIpc) is 2.97. The van der Waals surface area contributed by atoms with Crippen molar-refractivity contribution in [1.82, 2.24) is 14.9 Å². The fourth-order valence-electron chi connectivity index (χ4n) is 4.25. The van der Waals surface area contributed by atoms with Gasteiger partial charge in [-0.3, -0.25) is 9.59 Å². The number of rotatable bonds is 3. The highest BCUT2D eigenvalue weighted by Crippen LogP contribution is 2.29. The minimum Gasteiger partial charge on any atom is -0.355 e. The first-order chi connectivity index (χ1) is 15.5. The van der Waals surface area contributed by atoms with E-state index in [0.29, 0.717) is 44.8 Å². The van der Waals surface area contributed by atoms with Crippen molar-refractivity contribution in [3.63, 3.8) is 0 Å². The molecule has 2 amide bonds. The van der Waals surface area contributed by atoms with Gasteiger partial charge in [-0.15, -0.1) is 0 Å². The topological polar surface area (TPSA) is 103 Å². The molecule has 0 N–H and O–H groups in total. The highest BCUT2D eigenvalue weighted by atomic mass is 32.2. The number of amides is 2. The van der Waals surface area contributed by atoms with Gasteiger partial charge >= 0.3 is 6.18 Å². The van der Waals surface area contributed by atoms with E-state index in [1.807, 2.05) is 4.90 Å². The molecule has 1 aromatic heterocycles. The zero-order chi connectivity index (χ0) is 23.8. The number of halogens is 3. The number of pyridine rings is 1. The fraction of sp³-hybridized carbons (Fsp3) is 0.600. The van der Waals surface area contributed by atoms with Crippen molar-refractivity contribution in [2.24, 2.45) is 5.10 Å². The number of carbonyl (C=O) groups is 2. The monoisotopic (exact) mass is 487 g/mol. The summed E-state index contributed by atoms with van der Waals surface area (Å²) in [5, 5.41) is 5.40. The predicted molar refractivity (Wildman–Crippen MR) is 113 cm³/mol. The van der Waals surface area contributed by atoms with Crippen molar-refractivity contribution < 1.29 is 31.2 Å². The molecule has 0 radical (unpaired) electrons. The minimum absolute atomic E-state index is 0.000190. The molecule has 9 nitrogen and oxygen atoms in total. The third-order valence-electron chi connectivity index (χ3n) is 6.04. The van der Waals surface area contributed by atoms with E-state index in [4.69, 9.17) is 0 Å². The van der Waals surface area contributed by atoms with E-state index in [1.165, 1.54) is 6.07 Å². The average molecular weight is 488 g/mol. The summed E-state index contributed by atoms with van der Waals surface area (Å²) in [5.41, 5.74) is -0.595. The van der Waals surface area contributed by atoms with Gasteiger partial charge in [0.05, 0.1) is 23.1 Å². The van der Waals surface area contributed by atoms with E-state index < -0.39 is 27.6 Å². The van der Waals surface area contributed by atoms with E-state index in [-0.39, 0.29) is 41.9 Å². The molecule has 0 bridgehead atoms. The van der Waals surface area contributed by atoms with Gasteiger partial charge in [-0.1, -0.05) is 0 Å². The van der Waals surface area contributed by atoms with Crippen LogP contribution in [0.1, 0.15) is 31.2 Å². The zero-order valence-electron chi connectivity index (χ0n) is 17.8. The van der Waals surface area contributed by atoms with Gasteiger partial charge in [0.2, 0.25) is 5.91 Å². The summed E-state index contributed by atoms with van der Waals surface area (Å²) in [6.07, 6.45) is -2.48. The molecule has 1 unspecified atom stereocenters. The van der Waals surface area contributed by atoms with Gasteiger partial charge in [0.1, 0.15) is 11.5 Å². The molecule has 0 aromatic carbocycles. The predicted octanol–water partition coefficient (Wildman–Crippen LogP) is 1.30. The first-order valence-electron chi connectivity index (χ1n) is 10.7. The van der Waals surface area contributed by atoms with Gasteiger partial charge in [-0.25, -0.2) is 18.4 Å². The number of nitrogens with zero attached hydrogens (tertiary/aromatic N) is 5. The molecule has 4 heterocycles. The zero-order valence-corrected chi connectivity index (χ0v) is 18.6. The normalized spacial score (nSPS) is 24.0. The third kappa shape index (κ3) is 5.28. The van der Waals surface area contributed by atoms with E-state index in [2.05, 4.69) is 10.1 Å². The summed E-state index contributed by atoms with van der Waals surface area (Å²) in [5.74, 6) is -0.339. The van der Waals surface area contributed by atoms with Crippen LogP contribution in [-0.4, -0.2) is 84.6 Å². The summed E-state index contributed by atoms with van der Waals surface area (Å²) in [7, 11) is -3.21. The van der Waals surface area contributed by atoms with Gasteiger partial charge in [-0.2, -0.15) is 18.3 Å². The van der Waals surface area contributed by atoms with Crippen LogP contribution in [0.5, 0.6) is 0 Å². The highest BCUT2D eigenvalue weighted by Gasteiger charge is 2.38. The Morgan fingerprint density at radius 2 is 1.88 bits per heavy atom. The van der Waals surface area contributed by atoms with Gasteiger partial charge in [-0.05, 0) is 25.0 Å². The summed E-state index contributed by atoms with van der Waals surface area (Å²) in [4.78, 5) is 32.7. The molecule has 3 aliphatic heterocycles. The molecular weight excluding hydrogens is 463 g/mol. The van der Waals surface area contributed by atoms with Crippen LogP contribution in [0.2, 0.25) is 0 Å². The minimum atomic E-state index is -4.45. The number of sulfone groups is 1. The van der Waals surface area contributed by atoms with Crippen molar-refractivity contribution in [1.29, 1.82) is 0 Å². The summed E-state index contributed by atoms with van der Waals surface area (Å²) in [6.45, 7) is 1.67. The molecule has 180 valence electrons. The lowest BCUT2D eigenvalue weighted by molar-refractivity contribution is -0.138. The van der Waals surface area contributed by atoms with Crippen LogP contribution in [0.4, 0.5) is 19.0 Å². The van der Waals surface area contributed by atoms with Crippen LogP contribution in [0, 0.1) is 0 Å². The lowest BCUT2D eigenvalue weighted by Gasteiger charge is -2.29. The standard InChI is InChI=1S/C20H24F3N5O4S/c21-20(22,23)14-2-4-17(24-12-14)26-7-1-8-27(10-9-26)19(30)16-3-5-18(29)28(25-16)15-6-11-33(31,32)13-15/h2,4,12,15H,1,3,5-11,13H2. The molecule has 0 aliphatic carbocycles. The Bertz CT molecular complexity index is 1060. The van der Waals surface area contributed by atoms with E-state index >= 15 is 0 Å². The first-order valence-corrected chi connectivity index (χ1v) is 12.5. The number of alkyl halides is 3. The molecule has 0 saturated carbocycles. The smallest absolute Gasteiger partial charge is 0.355 e. The number of hydrogen-bond acceptors (Lipinski definition) is 7. The number of hydrazone groups is 1. The van der Waals surface area contributed by atoms with Crippen LogP contribution in [0.25, 0.3) is 0 Å². The molecule has 1 aromatic rings. The quantitative estimate of drug-likeness (QED) is 0.637. The second kappa shape index (κ2) is 8.92. The third-order valence-corrected chi connectivity index (χ3v) is 7.79. The van der Waals surface area contributed by atoms with Crippen molar-refractivity contribution in [2.75, 3.05) is 42.6 Å². The molecular formula is C20H24F3N5O4S. The van der Waals surface area contributed by atoms with Crippen LogP contribution >= 0.6 is 0 Å². The Kier molecular flexibility index (Phi) is 6.34. The largest absolute Gasteiger partial charge is 0.417 e. The van der Waals surface area contributed by atoms with Gasteiger partial charge < -0.3 is 9.80 Å². The van der Waals surface area contributed by atoms with Crippen molar-refractivity contribution >= 4 is 33.2 Å². The number of anilines is 1. The van der Waals surface area contributed by atoms with Gasteiger partial charge in [0.25, 0.3) is 5.91 Å². The second-order valence-electron chi connectivity index (χ2n) is 8.38. The van der Waals surface area contributed by atoms with Crippen LogP contribution in [0.15, 0.2) is 23.4 Å². The molecule has 4 rings (SSSR count). The van der Waals surface area contributed by atoms with E-state index in [9.17, 15) is 31.2 Å². The lowest BCUT2D eigenvalue weighted by Crippen LogP contribution is -2.45. The Hall–Kier alpha value is -2.70. The molecule has 1 atom stereocenters. The Labute approximate surface area is 189 Å². The van der Waals surface area contributed by atoms with Crippen LogP contribution < -0.4 is 4.90 Å². The van der Waals surface area contributed by atoms with Crippen LogP contribution in [0.3, 0.4) is 0 Å². The molecule has 2 fully saturated rings. The maximum Gasteiger partial charge on any atom is 0.417 e. The summed E-state index contributed by atoms with van der Waals surface area (Å²) >= 11 is 0. The summed E-state index contributed by atoms with van der Waals surface area (Å²) < 4.78 is 61.9. The molecule has 3 aliphatic rings. The maximum absolute atomic E-state index is 13.1.